The molecule has 35 heavy (non-hydrogen) atoms. The third kappa shape index (κ3) is 4.37. The first-order valence-electron chi connectivity index (χ1n) is 11.2. The Kier molecular flexibility index (Phi) is 6.35. The van der Waals surface area contributed by atoms with E-state index in [1.165, 1.54) is 4.90 Å². The predicted octanol–water partition coefficient (Wildman–Crippen LogP) is 5.02. The zero-order chi connectivity index (χ0) is 25.3. The van der Waals surface area contributed by atoms with E-state index in [0.717, 1.165) is 5.56 Å². The van der Waals surface area contributed by atoms with Crippen LogP contribution in [-0.2, 0) is 15.0 Å². The predicted molar refractivity (Wildman–Crippen MR) is 134 cm³/mol. The molecule has 0 aliphatic carbocycles. The molecule has 2 heterocycles. The fourth-order valence-electron chi connectivity index (χ4n) is 4.29. The normalized spacial score (nSPS) is 17.5. The molecule has 1 N–H and O–H groups in total. The first kappa shape index (κ1) is 24.0. The van der Waals surface area contributed by atoms with Gasteiger partial charge in [-0.15, -0.1) is 0 Å². The molecule has 1 amide bonds. The maximum absolute atomic E-state index is 13.3. The Morgan fingerprint density at radius 1 is 1.00 bits per heavy atom. The highest BCUT2D eigenvalue weighted by atomic mass is 16.5. The molecule has 0 bridgehead atoms. The molecule has 2 aromatic carbocycles. The number of aromatic nitrogens is 1. The maximum atomic E-state index is 13.3. The minimum absolute atomic E-state index is 0.00356. The molecule has 1 atom stereocenters. The molecule has 4 rings (SSSR count). The van der Waals surface area contributed by atoms with Crippen LogP contribution in [0.15, 0.2) is 72.6 Å². The number of rotatable bonds is 5. The van der Waals surface area contributed by atoms with Crippen molar-refractivity contribution >= 4 is 23.1 Å². The highest BCUT2D eigenvalue weighted by molar-refractivity contribution is 6.51. The Bertz CT molecular complexity index is 1290. The third-order valence-electron chi connectivity index (χ3n) is 6.08. The summed E-state index contributed by atoms with van der Waals surface area (Å²) in [6.07, 6.45) is 3.21. The second-order valence-corrected chi connectivity index (χ2v) is 9.32. The van der Waals surface area contributed by atoms with E-state index in [1.54, 1.807) is 81.2 Å². The molecule has 1 saturated heterocycles. The van der Waals surface area contributed by atoms with E-state index in [2.05, 4.69) is 4.98 Å². The lowest BCUT2D eigenvalue weighted by molar-refractivity contribution is -0.132. The summed E-state index contributed by atoms with van der Waals surface area (Å²) >= 11 is 0. The number of methoxy groups -OCH3 is 2. The number of amides is 1. The zero-order valence-electron chi connectivity index (χ0n) is 20.4. The molecular formula is C28H28N2O5. The molecule has 7 nitrogen and oxygen atoms in total. The van der Waals surface area contributed by atoms with Crippen LogP contribution in [0.5, 0.6) is 11.5 Å². The van der Waals surface area contributed by atoms with Gasteiger partial charge in [0.25, 0.3) is 11.7 Å². The summed E-state index contributed by atoms with van der Waals surface area (Å²) < 4.78 is 10.7. The second-order valence-electron chi connectivity index (χ2n) is 9.32. The van der Waals surface area contributed by atoms with Gasteiger partial charge in [-0.2, -0.15) is 0 Å². The summed E-state index contributed by atoms with van der Waals surface area (Å²) in [5.74, 6) is -0.440. The largest absolute Gasteiger partial charge is 0.507 e. The average Bonchev–Trinajstić information content (AvgIpc) is 3.13. The zero-order valence-corrected chi connectivity index (χ0v) is 20.4. The van der Waals surface area contributed by atoms with Crippen LogP contribution in [0, 0.1) is 0 Å². The van der Waals surface area contributed by atoms with Gasteiger partial charge >= 0.3 is 0 Å². The fraction of sp³-hybridized carbons (Fsp3) is 0.250. The van der Waals surface area contributed by atoms with Crippen molar-refractivity contribution in [1.82, 2.24) is 4.98 Å². The number of ketones is 1. The van der Waals surface area contributed by atoms with Gasteiger partial charge in [-0.1, -0.05) is 26.8 Å². The number of Topliss-reactive ketones (excluding diaryl/α,β-unsaturated/α-hetero) is 1. The molecule has 0 saturated carbocycles. The maximum Gasteiger partial charge on any atom is 0.300 e. The summed E-state index contributed by atoms with van der Waals surface area (Å²) in [4.78, 5) is 32.2. The Morgan fingerprint density at radius 2 is 1.71 bits per heavy atom. The van der Waals surface area contributed by atoms with Gasteiger partial charge in [-0.25, -0.2) is 0 Å². The van der Waals surface area contributed by atoms with E-state index in [0.29, 0.717) is 28.3 Å². The molecule has 1 fully saturated rings. The van der Waals surface area contributed by atoms with E-state index >= 15 is 0 Å². The van der Waals surface area contributed by atoms with Crippen molar-refractivity contribution in [3.8, 4) is 11.5 Å². The molecule has 0 radical (unpaired) electrons. The van der Waals surface area contributed by atoms with Crippen LogP contribution in [0.2, 0.25) is 0 Å². The van der Waals surface area contributed by atoms with E-state index < -0.39 is 17.7 Å². The smallest absolute Gasteiger partial charge is 0.300 e. The summed E-state index contributed by atoms with van der Waals surface area (Å²) in [5.41, 5.74) is 2.13. The number of aliphatic hydroxyl groups excluding tert-OH is 1. The van der Waals surface area contributed by atoms with Crippen molar-refractivity contribution in [2.24, 2.45) is 0 Å². The summed E-state index contributed by atoms with van der Waals surface area (Å²) in [5, 5.41) is 11.4. The van der Waals surface area contributed by atoms with Crippen molar-refractivity contribution in [3.05, 3.63) is 89.3 Å². The number of pyridine rings is 1. The summed E-state index contributed by atoms with van der Waals surface area (Å²) in [6, 6.07) is 14.8. The first-order valence-corrected chi connectivity index (χ1v) is 11.2. The van der Waals surface area contributed by atoms with Gasteiger partial charge in [0.15, 0.2) is 0 Å². The van der Waals surface area contributed by atoms with Gasteiger partial charge < -0.3 is 14.6 Å². The summed E-state index contributed by atoms with van der Waals surface area (Å²) in [7, 11) is 3.14. The Balaban J connectivity index is 1.92. The Labute approximate surface area is 204 Å². The molecule has 180 valence electrons. The molecular weight excluding hydrogens is 444 g/mol. The molecule has 3 aromatic rings. The quantitative estimate of drug-likeness (QED) is 0.319. The number of carbonyl (C=O) groups excluding carboxylic acids is 2. The van der Waals surface area contributed by atoms with Gasteiger partial charge in [-0.3, -0.25) is 19.5 Å². The molecule has 1 aromatic heterocycles. The lowest BCUT2D eigenvalue weighted by Gasteiger charge is -2.26. The monoisotopic (exact) mass is 472 g/mol. The highest BCUT2D eigenvalue weighted by Crippen LogP contribution is 2.43. The lowest BCUT2D eigenvalue weighted by atomic mass is 9.84. The van der Waals surface area contributed by atoms with Crippen LogP contribution >= 0.6 is 0 Å². The molecule has 7 heteroatoms. The van der Waals surface area contributed by atoms with Crippen molar-refractivity contribution < 1.29 is 24.2 Å². The Hall–Kier alpha value is -4.13. The number of aliphatic hydroxyl groups is 1. The van der Waals surface area contributed by atoms with Crippen molar-refractivity contribution in [3.63, 3.8) is 0 Å². The lowest BCUT2D eigenvalue weighted by Crippen LogP contribution is -2.29. The van der Waals surface area contributed by atoms with Crippen molar-refractivity contribution in [2.75, 3.05) is 19.1 Å². The average molecular weight is 473 g/mol. The van der Waals surface area contributed by atoms with E-state index in [1.807, 2.05) is 20.8 Å². The van der Waals surface area contributed by atoms with Crippen LogP contribution in [-0.4, -0.2) is 36.0 Å². The van der Waals surface area contributed by atoms with Crippen LogP contribution in [0.1, 0.15) is 43.5 Å². The number of anilines is 1. The molecule has 0 spiro atoms. The summed E-state index contributed by atoms with van der Waals surface area (Å²) in [6.45, 7) is 6.10. The van der Waals surface area contributed by atoms with E-state index in [4.69, 9.17) is 9.47 Å². The third-order valence-corrected chi connectivity index (χ3v) is 6.08. The van der Waals surface area contributed by atoms with E-state index in [-0.39, 0.29) is 16.7 Å². The van der Waals surface area contributed by atoms with Gasteiger partial charge in [-0.05, 0) is 59.5 Å². The SMILES string of the molecule is COc1ccc(N2C(=O)C(=O)/C(=C(\O)c3ccc(OC)c(C(C)(C)C)c3)C2c2cccnc2)cc1. The topological polar surface area (TPSA) is 89.0 Å². The van der Waals surface area contributed by atoms with Gasteiger partial charge in [0.2, 0.25) is 0 Å². The highest BCUT2D eigenvalue weighted by Gasteiger charge is 2.47. The minimum atomic E-state index is -0.850. The van der Waals surface area contributed by atoms with Gasteiger partial charge in [0, 0.05) is 29.2 Å². The number of ether oxygens (including phenoxy) is 2. The molecule has 1 aliphatic heterocycles. The van der Waals surface area contributed by atoms with Crippen molar-refractivity contribution in [1.29, 1.82) is 0 Å². The second kappa shape index (κ2) is 9.25. The van der Waals surface area contributed by atoms with Crippen LogP contribution < -0.4 is 14.4 Å². The standard InChI is InChI=1S/C28H28N2O5/c1-28(2,3)21-15-17(8-13-22(21)35-5)25(31)23-24(18-7-6-14-29-16-18)30(27(33)26(23)32)19-9-11-20(34-4)12-10-19/h6-16,24,31H,1-5H3/b25-23-. The molecule has 1 aliphatic rings. The van der Waals surface area contributed by atoms with E-state index in [9.17, 15) is 14.7 Å². The van der Waals surface area contributed by atoms with Gasteiger partial charge in [0.05, 0.1) is 25.8 Å². The number of hydrogen-bond acceptors (Lipinski definition) is 6. The Morgan fingerprint density at radius 3 is 2.29 bits per heavy atom. The van der Waals surface area contributed by atoms with Crippen LogP contribution in [0.3, 0.4) is 0 Å². The number of nitrogens with zero attached hydrogens (tertiary/aromatic N) is 2. The van der Waals surface area contributed by atoms with Crippen LogP contribution in [0.4, 0.5) is 5.69 Å². The first-order chi connectivity index (χ1) is 16.7. The van der Waals surface area contributed by atoms with Gasteiger partial charge in [0.1, 0.15) is 17.3 Å². The van der Waals surface area contributed by atoms with Crippen LogP contribution in [0.25, 0.3) is 5.76 Å². The number of benzene rings is 2. The molecule has 1 unspecified atom stereocenters. The fourth-order valence-corrected chi connectivity index (χ4v) is 4.29. The number of hydrogen-bond donors (Lipinski definition) is 1. The minimum Gasteiger partial charge on any atom is -0.507 e. The number of carbonyl (C=O) groups is 2. The van der Waals surface area contributed by atoms with Crippen molar-refractivity contribution in [2.45, 2.75) is 32.2 Å².